The summed E-state index contributed by atoms with van der Waals surface area (Å²) in [6, 6.07) is 15.9. The Labute approximate surface area is 159 Å². The fraction of sp³-hybridized carbons (Fsp3) is 0.227. The number of benzene rings is 2. The molecular weight excluding hydrogens is 336 g/mol. The Morgan fingerprint density at radius 3 is 2.33 bits per heavy atom. The topological polar surface area (TPSA) is 66.9 Å². The van der Waals surface area contributed by atoms with Crippen molar-refractivity contribution in [3.05, 3.63) is 77.7 Å². The quantitative estimate of drug-likeness (QED) is 0.637. The van der Waals surface area contributed by atoms with Gasteiger partial charge in [0.15, 0.2) is 0 Å². The van der Waals surface area contributed by atoms with Crippen LogP contribution in [-0.4, -0.2) is 15.9 Å². The van der Waals surface area contributed by atoms with Gasteiger partial charge in [0.05, 0.1) is 12.4 Å². The molecule has 138 valence electrons. The number of hydrogen-bond donors (Lipinski definition) is 2. The van der Waals surface area contributed by atoms with Crippen LogP contribution >= 0.6 is 0 Å². The van der Waals surface area contributed by atoms with Crippen LogP contribution in [0.4, 0.5) is 17.2 Å². The largest absolute Gasteiger partial charge is 0.339 e. The van der Waals surface area contributed by atoms with E-state index in [4.69, 9.17) is 0 Å². The third kappa shape index (κ3) is 4.50. The number of amides is 1. The van der Waals surface area contributed by atoms with Crippen molar-refractivity contribution in [2.24, 2.45) is 0 Å². The zero-order chi connectivity index (χ0) is 19.2. The summed E-state index contributed by atoms with van der Waals surface area (Å²) in [5.74, 6) is 0.656. The van der Waals surface area contributed by atoms with Gasteiger partial charge in [-0.1, -0.05) is 57.2 Å². The van der Waals surface area contributed by atoms with Gasteiger partial charge in [-0.25, -0.2) is 9.97 Å². The summed E-state index contributed by atoms with van der Waals surface area (Å²) in [6.07, 6.45) is 3.99. The van der Waals surface area contributed by atoms with Gasteiger partial charge in [0.1, 0.15) is 11.5 Å². The zero-order valence-corrected chi connectivity index (χ0v) is 15.9. The predicted molar refractivity (Wildman–Crippen MR) is 110 cm³/mol. The van der Waals surface area contributed by atoms with E-state index in [0.29, 0.717) is 11.7 Å². The van der Waals surface area contributed by atoms with E-state index in [1.54, 1.807) is 6.20 Å². The molecule has 3 aromatic rings. The number of para-hydroxylation sites is 2. The third-order valence-electron chi connectivity index (χ3n) is 4.38. The highest BCUT2D eigenvalue weighted by molar-refractivity contribution is 6.03. The SMILES string of the molecule is CCc1ccccc1Nc1cnc(C(=O)Nc2ccccc2C(C)C)cn1. The number of nitrogens with zero attached hydrogens (tertiary/aromatic N) is 2. The van der Waals surface area contributed by atoms with Crippen LogP contribution in [0.3, 0.4) is 0 Å². The van der Waals surface area contributed by atoms with Crippen molar-refractivity contribution in [1.82, 2.24) is 9.97 Å². The van der Waals surface area contributed by atoms with Crippen molar-refractivity contribution in [2.75, 3.05) is 10.6 Å². The molecule has 0 unspecified atom stereocenters. The number of aromatic nitrogens is 2. The molecule has 5 heteroatoms. The second-order valence-corrected chi connectivity index (χ2v) is 6.62. The Morgan fingerprint density at radius 2 is 1.67 bits per heavy atom. The Bertz CT molecular complexity index is 920. The summed E-state index contributed by atoms with van der Waals surface area (Å²) >= 11 is 0. The van der Waals surface area contributed by atoms with Crippen molar-refractivity contribution in [2.45, 2.75) is 33.1 Å². The second kappa shape index (κ2) is 8.45. The van der Waals surface area contributed by atoms with Crippen molar-refractivity contribution in [1.29, 1.82) is 0 Å². The molecular formula is C22H24N4O. The smallest absolute Gasteiger partial charge is 0.275 e. The summed E-state index contributed by atoms with van der Waals surface area (Å²) < 4.78 is 0. The minimum atomic E-state index is -0.267. The van der Waals surface area contributed by atoms with Gasteiger partial charge >= 0.3 is 0 Å². The Balaban J connectivity index is 1.73. The third-order valence-corrected chi connectivity index (χ3v) is 4.38. The second-order valence-electron chi connectivity index (χ2n) is 6.62. The molecule has 0 radical (unpaired) electrons. The maximum atomic E-state index is 12.5. The molecule has 0 saturated heterocycles. The molecule has 0 spiro atoms. The summed E-state index contributed by atoms with van der Waals surface area (Å²) in [6.45, 7) is 6.30. The molecule has 0 saturated carbocycles. The van der Waals surface area contributed by atoms with E-state index in [1.807, 2.05) is 42.5 Å². The van der Waals surface area contributed by atoms with Crippen LogP contribution in [0.2, 0.25) is 0 Å². The average molecular weight is 360 g/mol. The van der Waals surface area contributed by atoms with E-state index in [0.717, 1.165) is 23.4 Å². The van der Waals surface area contributed by atoms with Crippen LogP contribution in [0.1, 0.15) is 48.3 Å². The molecule has 2 N–H and O–H groups in total. The van der Waals surface area contributed by atoms with E-state index in [1.165, 1.54) is 11.8 Å². The molecule has 0 aliphatic rings. The molecule has 0 fully saturated rings. The lowest BCUT2D eigenvalue weighted by Crippen LogP contribution is -2.15. The van der Waals surface area contributed by atoms with Crippen LogP contribution in [-0.2, 0) is 6.42 Å². The highest BCUT2D eigenvalue weighted by Gasteiger charge is 2.12. The number of anilines is 3. The summed E-state index contributed by atoms with van der Waals surface area (Å²) in [7, 11) is 0. The number of aryl methyl sites for hydroxylation is 1. The molecule has 1 heterocycles. The van der Waals surface area contributed by atoms with E-state index in [9.17, 15) is 4.79 Å². The number of hydrogen-bond acceptors (Lipinski definition) is 4. The van der Waals surface area contributed by atoms with Gasteiger partial charge in [-0.05, 0) is 35.6 Å². The lowest BCUT2D eigenvalue weighted by atomic mass is 10.0. The number of nitrogens with one attached hydrogen (secondary N) is 2. The summed E-state index contributed by atoms with van der Waals surface area (Å²) in [4.78, 5) is 21.1. The van der Waals surface area contributed by atoms with Crippen molar-refractivity contribution < 1.29 is 4.79 Å². The maximum absolute atomic E-state index is 12.5. The maximum Gasteiger partial charge on any atom is 0.275 e. The van der Waals surface area contributed by atoms with Gasteiger partial charge in [-0.15, -0.1) is 0 Å². The van der Waals surface area contributed by atoms with Crippen LogP contribution in [0.5, 0.6) is 0 Å². The first kappa shape index (κ1) is 18.6. The minimum Gasteiger partial charge on any atom is -0.339 e. The predicted octanol–water partition coefficient (Wildman–Crippen LogP) is 5.16. The molecule has 1 amide bonds. The average Bonchev–Trinajstić information content (AvgIpc) is 2.69. The lowest BCUT2D eigenvalue weighted by Gasteiger charge is -2.13. The molecule has 0 bridgehead atoms. The Kier molecular flexibility index (Phi) is 5.81. The van der Waals surface area contributed by atoms with E-state index < -0.39 is 0 Å². The van der Waals surface area contributed by atoms with Gasteiger partial charge in [0.2, 0.25) is 0 Å². The molecule has 3 rings (SSSR count). The molecule has 0 aliphatic heterocycles. The lowest BCUT2D eigenvalue weighted by molar-refractivity contribution is 0.102. The monoisotopic (exact) mass is 360 g/mol. The summed E-state index contributed by atoms with van der Waals surface area (Å²) in [5, 5.41) is 6.19. The highest BCUT2D eigenvalue weighted by atomic mass is 16.1. The minimum absolute atomic E-state index is 0.267. The van der Waals surface area contributed by atoms with Crippen molar-refractivity contribution in [3.8, 4) is 0 Å². The van der Waals surface area contributed by atoms with Gasteiger partial charge in [0.25, 0.3) is 5.91 Å². The fourth-order valence-corrected chi connectivity index (χ4v) is 2.90. The first-order chi connectivity index (χ1) is 13.1. The van der Waals surface area contributed by atoms with Crippen molar-refractivity contribution in [3.63, 3.8) is 0 Å². The molecule has 27 heavy (non-hydrogen) atoms. The molecule has 0 aliphatic carbocycles. The first-order valence-electron chi connectivity index (χ1n) is 9.15. The number of carbonyl (C=O) groups excluding carboxylic acids is 1. The Hall–Kier alpha value is -3.21. The highest BCUT2D eigenvalue weighted by Crippen LogP contribution is 2.24. The Morgan fingerprint density at radius 1 is 0.963 bits per heavy atom. The van der Waals surface area contributed by atoms with Gasteiger partial charge < -0.3 is 10.6 Å². The van der Waals surface area contributed by atoms with Gasteiger partial charge in [0, 0.05) is 11.4 Å². The number of carbonyl (C=O) groups is 1. The van der Waals surface area contributed by atoms with E-state index in [2.05, 4.69) is 47.4 Å². The molecule has 1 aromatic heterocycles. The van der Waals surface area contributed by atoms with Crippen LogP contribution in [0.25, 0.3) is 0 Å². The first-order valence-corrected chi connectivity index (χ1v) is 9.15. The van der Waals surface area contributed by atoms with Crippen LogP contribution in [0, 0.1) is 0 Å². The molecule has 2 aromatic carbocycles. The zero-order valence-electron chi connectivity index (χ0n) is 15.9. The van der Waals surface area contributed by atoms with Crippen LogP contribution in [0.15, 0.2) is 60.9 Å². The number of rotatable bonds is 6. The van der Waals surface area contributed by atoms with E-state index in [-0.39, 0.29) is 11.6 Å². The van der Waals surface area contributed by atoms with Gasteiger partial charge in [-0.3, -0.25) is 4.79 Å². The normalized spacial score (nSPS) is 10.7. The van der Waals surface area contributed by atoms with E-state index >= 15 is 0 Å². The van der Waals surface area contributed by atoms with Crippen LogP contribution < -0.4 is 10.6 Å². The molecule has 5 nitrogen and oxygen atoms in total. The fourth-order valence-electron chi connectivity index (χ4n) is 2.90. The van der Waals surface area contributed by atoms with Crippen molar-refractivity contribution >= 4 is 23.1 Å². The summed E-state index contributed by atoms with van der Waals surface area (Å²) in [5.41, 5.74) is 4.37. The van der Waals surface area contributed by atoms with Gasteiger partial charge in [-0.2, -0.15) is 0 Å². The standard InChI is InChI=1S/C22H24N4O/c1-4-16-9-5-7-11-18(16)25-21-14-23-20(13-24-21)22(27)26-19-12-8-6-10-17(19)15(2)3/h5-15H,4H2,1-3H3,(H,24,25)(H,26,27). The molecule has 0 atom stereocenters.